The third-order valence-corrected chi connectivity index (χ3v) is 11.9. The van der Waals surface area contributed by atoms with Crippen LogP contribution in [0.3, 0.4) is 0 Å². The second-order valence-corrected chi connectivity index (χ2v) is 17.6. The van der Waals surface area contributed by atoms with Gasteiger partial charge in [0.2, 0.25) is 0 Å². The van der Waals surface area contributed by atoms with Crippen molar-refractivity contribution in [1.29, 1.82) is 0 Å². The molecule has 0 aliphatic heterocycles. The highest BCUT2D eigenvalue weighted by atomic mass is 35.5. The van der Waals surface area contributed by atoms with E-state index in [2.05, 4.69) is 58.9 Å². The normalized spacial score (nSPS) is 15.2. The summed E-state index contributed by atoms with van der Waals surface area (Å²) in [5, 5.41) is 29.4. The van der Waals surface area contributed by atoms with Gasteiger partial charge in [-0.3, -0.25) is 0 Å². The minimum atomic E-state index is -0.672. The van der Waals surface area contributed by atoms with E-state index in [-0.39, 0.29) is 50.6 Å². The average molecular weight is 900 g/mol. The zero-order chi connectivity index (χ0) is 44.3. The molecule has 0 bridgehead atoms. The summed E-state index contributed by atoms with van der Waals surface area (Å²) >= 11 is 11.4. The Morgan fingerprint density at radius 1 is 0.500 bits per heavy atom. The molecule has 4 aromatic rings. The number of aliphatic hydroxyl groups excluding tert-OH is 3. The first-order valence-electron chi connectivity index (χ1n) is 21.4. The van der Waals surface area contributed by atoms with Gasteiger partial charge in [-0.2, -0.15) is 0 Å². The molecule has 4 unspecified atom stereocenters. The van der Waals surface area contributed by atoms with E-state index in [0.29, 0.717) is 42.6 Å². The van der Waals surface area contributed by atoms with E-state index in [0.717, 1.165) is 35.5 Å². The van der Waals surface area contributed by atoms with E-state index in [1.807, 2.05) is 72.8 Å². The van der Waals surface area contributed by atoms with Crippen LogP contribution < -0.4 is 18.9 Å². The van der Waals surface area contributed by atoms with Gasteiger partial charge in [0.15, 0.2) is 0 Å². The van der Waals surface area contributed by atoms with E-state index >= 15 is 0 Å². The molecule has 3 N–H and O–H groups in total. The predicted molar refractivity (Wildman–Crippen MR) is 252 cm³/mol. The van der Waals surface area contributed by atoms with Gasteiger partial charge in [-0.25, -0.2) is 0 Å². The van der Waals surface area contributed by atoms with Gasteiger partial charge in [-0.15, -0.1) is 23.2 Å². The monoisotopic (exact) mass is 898 g/mol. The van der Waals surface area contributed by atoms with Crippen LogP contribution in [0.15, 0.2) is 97.1 Å². The number of aliphatic hydroxyl groups is 3. The molecule has 4 atom stereocenters. The van der Waals surface area contributed by atoms with E-state index in [1.54, 1.807) is 7.11 Å². The maximum atomic E-state index is 10.2. The Morgan fingerprint density at radius 2 is 0.839 bits per heavy atom. The van der Waals surface area contributed by atoms with Crippen LogP contribution in [-0.4, -0.2) is 98.2 Å². The molecule has 0 saturated heterocycles. The Bertz CT molecular complexity index is 1780. The highest BCUT2D eigenvalue weighted by Crippen LogP contribution is 2.35. The number of hydrogen-bond donors (Lipinski definition) is 3. The second-order valence-electron chi connectivity index (χ2n) is 17.0. The van der Waals surface area contributed by atoms with E-state index in [9.17, 15) is 15.3 Å². The quantitative estimate of drug-likeness (QED) is 0.0626. The van der Waals surface area contributed by atoms with Crippen LogP contribution >= 0.6 is 23.2 Å². The molecule has 5 rings (SSSR count). The molecular weight excluding hydrogens is 827 g/mol. The summed E-state index contributed by atoms with van der Waals surface area (Å²) < 4.78 is 33.5. The van der Waals surface area contributed by atoms with Gasteiger partial charge in [0.1, 0.15) is 61.1 Å². The minimum Gasteiger partial charge on any atom is -0.493 e. The molecule has 9 nitrogen and oxygen atoms in total. The first-order valence-corrected chi connectivity index (χ1v) is 22.5. The third kappa shape index (κ3) is 17.2. The number of benzene rings is 4. The molecule has 0 aromatic heterocycles. The van der Waals surface area contributed by atoms with Gasteiger partial charge in [-0.1, -0.05) is 110 Å². The summed E-state index contributed by atoms with van der Waals surface area (Å²) in [5.74, 6) is 4.09. The van der Waals surface area contributed by atoms with Gasteiger partial charge in [0.25, 0.3) is 0 Å². The highest BCUT2D eigenvalue weighted by molar-refractivity contribution is 6.18. The SMILES string of the molecule is C.CC(CCl)COc1ccc(C(C)(C)c2ccc(OCC(O)COC3CCCCC3)cc2)cc1.COCC(O)COc1ccc(C(C)(C)c2ccc(OCC(O)CCl)cc2)cc1. The van der Waals surface area contributed by atoms with Crippen molar-refractivity contribution in [2.75, 3.05) is 58.5 Å². The maximum absolute atomic E-state index is 10.2. The second kappa shape index (κ2) is 26.9. The lowest BCUT2D eigenvalue weighted by molar-refractivity contribution is -0.0363. The Kier molecular flexibility index (Phi) is 22.9. The zero-order valence-electron chi connectivity index (χ0n) is 36.9. The number of halogens is 2. The topological polar surface area (TPSA) is 116 Å². The van der Waals surface area contributed by atoms with Crippen molar-refractivity contribution in [2.24, 2.45) is 5.92 Å². The smallest absolute Gasteiger partial charge is 0.119 e. The molecule has 11 heteroatoms. The van der Waals surface area contributed by atoms with Crippen molar-refractivity contribution in [3.05, 3.63) is 119 Å². The summed E-state index contributed by atoms with van der Waals surface area (Å²) in [5.41, 5.74) is 4.32. The lowest BCUT2D eigenvalue weighted by atomic mass is 9.78. The number of rotatable bonds is 23. The molecule has 4 aromatic carbocycles. The molecule has 1 aliphatic rings. The highest BCUT2D eigenvalue weighted by Gasteiger charge is 2.25. The van der Waals surface area contributed by atoms with Crippen molar-refractivity contribution in [3.63, 3.8) is 0 Å². The molecule has 62 heavy (non-hydrogen) atoms. The molecule has 344 valence electrons. The van der Waals surface area contributed by atoms with E-state index in [4.69, 9.17) is 51.6 Å². The Hall–Kier alpha value is -3.54. The maximum Gasteiger partial charge on any atom is 0.119 e. The van der Waals surface area contributed by atoms with Crippen LogP contribution in [0.4, 0.5) is 0 Å². The minimum absolute atomic E-state index is 0. The van der Waals surface area contributed by atoms with Gasteiger partial charge in [0, 0.05) is 29.7 Å². The van der Waals surface area contributed by atoms with Crippen molar-refractivity contribution in [3.8, 4) is 23.0 Å². The number of ether oxygens (including phenoxy) is 6. The van der Waals surface area contributed by atoms with Crippen LogP contribution in [0, 0.1) is 5.92 Å². The summed E-state index contributed by atoms with van der Waals surface area (Å²) in [4.78, 5) is 0. The molecule has 0 heterocycles. The van der Waals surface area contributed by atoms with Crippen LogP contribution in [0.1, 0.15) is 96.4 Å². The molecule has 1 aliphatic carbocycles. The van der Waals surface area contributed by atoms with Crippen LogP contribution in [0.25, 0.3) is 0 Å². The molecule has 0 spiro atoms. The first-order chi connectivity index (χ1) is 29.2. The fourth-order valence-corrected chi connectivity index (χ4v) is 7.06. The van der Waals surface area contributed by atoms with Gasteiger partial charge >= 0.3 is 0 Å². The van der Waals surface area contributed by atoms with E-state index in [1.165, 1.54) is 30.4 Å². The van der Waals surface area contributed by atoms with Crippen molar-refractivity contribution < 1.29 is 43.7 Å². The fourth-order valence-electron chi connectivity index (χ4n) is 6.88. The number of hydrogen-bond acceptors (Lipinski definition) is 9. The lowest BCUT2D eigenvalue weighted by Gasteiger charge is -2.27. The average Bonchev–Trinajstić information content (AvgIpc) is 3.29. The molecule has 1 saturated carbocycles. The molecule has 1 fully saturated rings. The predicted octanol–water partition coefficient (Wildman–Crippen LogP) is 10.4. The van der Waals surface area contributed by atoms with E-state index < -0.39 is 18.3 Å². The number of alkyl halides is 2. The number of methoxy groups -OCH3 is 1. The summed E-state index contributed by atoms with van der Waals surface area (Å²) in [6.07, 6.45) is 4.33. The standard InChI is InChI=1S/C28H39ClO4.C22H29ClO5.CH4/c1-21(17-29)18-31-26-13-9-22(10-14-26)28(2,3)23-11-15-27(16-12-23)33-20-24(30)19-32-25-7-5-4-6-8-25;1-22(2,16-4-8-20(9-5-16)27-14-18(24)12-23)17-6-10-21(11-7-17)28-15-19(25)13-26-3;/h9-16,21,24-25,30H,4-8,17-20H2,1-3H3;4-11,18-19,24-25H,12-15H2,1-3H3;1H4. The molecule has 0 amide bonds. The van der Waals surface area contributed by atoms with Gasteiger partial charge in [-0.05, 0) is 83.6 Å². The first kappa shape index (κ1) is 52.8. The zero-order valence-corrected chi connectivity index (χ0v) is 38.4. The molecule has 0 radical (unpaired) electrons. The third-order valence-electron chi connectivity index (χ3n) is 11.0. The van der Waals surface area contributed by atoms with Gasteiger partial charge in [0.05, 0.1) is 31.8 Å². The largest absolute Gasteiger partial charge is 0.493 e. The summed E-state index contributed by atoms with van der Waals surface area (Å²) in [7, 11) is 1.54. The van der Waals surface area contributed by atoms with Crippen molar-refractivity contribution >= 4 is 23.2 Å². The lowest BCUT2D eigenvalue weighted by Crippen LogP contribution is -2.27. The Morgan fingerprint density at radius 3 is 1.18 bits per heavy atom. The van der Waals surface area contributed by atoms with Crippen LogP contribution in [0.2, 0.25) is 0 Å². The summed E-state index contributed by atoms with van der Waals surface area (Å²) in [6.45, 7) is 12.6. The molecular formula is C51H72Cl2O9. The van der Waals surface area contributed by atoms with Crippen molar-refractivity contribution in [2.45, 2.75) is 109 Å². The van der Waals surface area contributed by atoms with Crippen molar-refractivity contribution in [1.82, 2.24) is 0 Å². The van der Waals surface area contributed by atoms with Crippen LogP contribution in [-0.2, 0) is 20.3 Å². The summed E-state index contributed by atoms with van der Waals surface area (Å²) in [6, 6.07) is 32.1. The Labute approximate surface area is 381 Å². The van der Waals surface area contributed by atoms with Gasteiger partial charge < -0.3 is 43.7 Å². The van der Waals surface area contributed by atoms with Crippen LogP contribution in [0.5, 0.6) is 23.0 Å². The fraction of sp³-hybridized carbons (Fsp3) is 0.529. The Balaban J connectivity index is 0.000000330.